The molecule has 140 valence electrons. The number of azo groups is 1. The summed E-state index contributed by atoms with van der Waals surface area (Å²) >= 11 is 0. The van der Waals surface area contributed by atoms with Crippen molar-refractivity contribution in [2.45, 2.75) is 72.6 Å². The van der Waals surface area contributed by atoms with Gasteiger partial charge in [0.2, 0.25) is 0 Å². The Labute approximate surface area is 186 Å². The molecular weight excluding hydrogens is 343 g/mol. The Bertz CT molecular complexity index is 792. The van der Waals surface area contributed by atoms with Gasteiger partial charge in [0, 0.05) is 0 Å². The molecule has 0 aliphatic rings. The van der Waals surface area contributed by atoms with E-state index in [2.05, 4.69) is 76.9 Å². The summed E-state index contributed by atoms with van der Waals surface area (Å²) in [6, 6.07) is 10.1. The summed E-state index contributed by atoms with van der Waals surface area (Å²) in [5, 5.41) is 21.9. The fourth-order valence-corrected chi connectivity index (χ4v) is 3.12. The van der Waals surface area contributed by atoms with Crippen LogP contribution in [-0.2, 0) is 5.41 Å². The van der Waals surface area contributed by atoms with Crippen LogP contribution in [0.2, 0.25) is 0 Å². The Morgan fingerprint density at radius 3 is 1.85 bits per heavy atom. The molecule has 0 radical (unpaired) electrons. The first kappa shape index (κ1) is 23.9. The molecular formula is C23H31N2NaO. The van der Waals surface area contributed by atoms with Gasteiger partial charge in [0.05, 0.1) is 11.4 Å². The number of benzene rings is 2. The molecule has 2 rings (SSSR count). The second-order valence-corrected chi connectivity index (χ2v) is 8.71. The van der Waals surface area contributed by atoms with Crippen molar-refractivity contribution in [3.8, 4) is 5.75 Å². The van der Waals surface area contributed by atoms with Gasteiger partial charge in [-0.2, -0.15) is 5.11 Å². The zero-order valence-corrected chi connectivity index (χ0v) is 20.3. The molecule has 0 aromatic heterocycles. The molecule has 3 nitrogen and oxygen atoms in total. The Hall–Kier alpha value is -1.16. The quantitative estimate of drug-likeness (QED) is 0.589. The van der Waals surface area contributed by atoms with Crippen LogP contribution in [-0.4, -0.2) is 0 Å². The van der Waals surface area contributed by atoms with Crippen molar-refractivity contribution in [1.29, 1.82) is 0 Å². The summed E-state index contributed by atoms with van der Waals surface area (Å²) in [7, 11) is 0. The predicted octanol–water partition coefficient (Wildman–Crippen LogP) is 4.03. The van der Waals surface area contributed by atoms with Gasteiger partial charge in [0.15, 0.2) is 0 Å². The largest absolute Gasteiger partial charge is 1.00 e. The Morgan fingerprint density at radius 2 is 1.41 bits per heavy atom. The third-order valence-electron chi connectivity index (χ3n) is 4.62. The van der Waals surface area contributed by atoms with E-state index in [1.807, 2.05) is 19.1 Å². The molecule has 2 aromatic carbocycles. The maximum atomic E-state index is 12.9. The molecule has 0 amide bonds. The Morgan fingerprint density at radius 1 is 0.889 bits per heavy atom. The molecule has 0 bridgehead atoms. The molecule has 0 heterocycles. The zero-order chi connectivity index (χ0) is 19.6. The van der Waals surface area contributed by atoms with Crippen LogP contribution in [0.4, 0.5) is 11.4 Å². The van der Waals surface area contributed by atoms with Crippen LogP contribution in [0, 0.1) is 6.92 Å². The average Bonchev–Trinajstić information content (AvgIpc) is 2.53. The molecule has 4 heteroatoms. The Kier molecular flexibility index (Phi) is 8.28. The Balaban J connectivity index is 0.00000364. The maximum Gasteiger partial charge on any atom is 1.00 e. The number of rotatable bonds is 4. The summed E-state index contributed by atoms with van der Waals surface area (Å²) in [6.07, 6.45) is 0. The van der Waals surface area contributed by atoms with Crippen molar-refractivity contribution in [1.82, 2.24) is 0 Å². The SMILES string of the molecule is Cc1cc(N=Nc2c(C(C)C)cccc2C(C)C)c([O-])c(C(C)(C)C)c1.[Na+]. The molecule has 0 aliphatic carbocycles. The predicted molar refractivity (Wildman–Crippen MR) is 108 cm³/mol. The minimum Gasteiger partial charge on any atom is -0.871 e. The normalized spacial score (nSPS) is 12.1. The standard InChI is InChI=1S/C23H32N2O.Na/c1-14(2)17-10-9-11-18(15(3)4)21(17)25-24-20-13-16(5)12-19(22(20)26)23(6,7)8;/h9-15,26H,1-8H3;/q;+1/p-1. The van der Waals surface area contributed by atoms with E-state index in [-0.39, 0.29) is 40.7 Å². The van der Waals surface area contributed by atoms with Gasteiger partial charge in [-0.3, -0.25) is 0 Å². The van der Waals surface area contributed by atoms with Crippen LogP contribution >= 0.6 is 0 Å². The third kappa shape index (κ3) is 5.66. The molecule has 0 aliphatic heterocycles. The first-order valence-electron chi connectivity index (χ1n) is 9.39. The maximum absolute atomic E-state index is 12.9. The average molecular weight is 375 g/mol. The van der Waals surface area contributed by atoms with E-state index in [0.29, 0.717) is 17.5 Å². The van der Waals surface area contributed by atoms with Gasteiger partial charge in [0.25, 0.3) is 0 Å². The number of hydrogen-bond acceptors (Lipinski definition) is 3. The first-order valence-corrected chi connectivity index (χ1v) is 9.39. The van der Waals surface area contributed by atoms with Gasteiger partial charge >= 0.3 is 29.6 Å². The third-order valence-corrected chi connectivity index (χ3v) is 4.62. The summed E-state index contributed by atoms with van der Waals surface area (Å²) in [5.74, 6) is 0.661. The summed E-state index contributed by atoms with van der Waals surface area (Å²) in [4.78, 5) is 0. The van der Waals surface area contributed by atoms with Crippen molar-refractivity contribution < 1.29 is 34.7 Å². The molecule has 0 atom stereocenters. The van der Waals surface area contributed by atoms with Crippen LogP contribution in [0.15, 0.2) is 40.6 Å². The van der Waals surface area contributed by atoms with Crippen molar-refractivity contribution in [2.75, 3.05) is 0 Å². The van der Waals surface area contributed by atoms with Crippen LogP contribution in [0.5, 0.6) is 5.75 Å². The minimum atomic E-state index is -0.216. The van der Waals surface area contributed by atoms with E-state index in [0.717, 1.165) is 27.9 Å². The van der Waals surface area contributed by atoms with Gasteiger partial charge in [-0.05, 0) is 52.5 Å². The van der Waals surface area contributed by atoms with Crippen molar-refractivity contribution in [2.24, 2.45) is 10.2 Å². The van der Waals surface area contributed by atoms with Crippen molar-refractivity contribution in [3.05, 3.63) is 52.6 Å². The van der Waals surface area contributed by atoms with Gasteiger partial charge in [-0.15, -0.1) is 5.11 Å². The molecule has 0 spiro atoms. The molecule has 27 heavy (non-hydrogen) atoms. The molecule has 0 N–H and O–H groups in total. The van der Waals surface area contributed by atoms with E-state index in [4.69, 9.17) is 0 Å². The second kappa shape index (κ2) is 9.36. The molecule has 0 unspecified atom stereocenters. The van der Waals surface area contributed by atoms with E-state index < -0.39 is 0 Å². The van der Waals surface area contributed by atoms with E-state index >= 15 is 0 Å². The molecule has 0 saturated carbocycles. The summed E-state index contributed by atoms with van der Waals surface area (Å²) in [5.41, 5.74) is 5.25. The number of aryl methyl sites for hydroxylation is 1. The van der Waals surface area contributed by atoms with Crippen molar-refractivity contribution in [3.63, 3.8) is 0 Å². The fourth-order valence-electron chi connectivity index (χ4n) is 3.12. The van der Waals surface area contributed by atoms with Gasteiger partial charge < -0.3 is 5.11 Å². The molecule has 0 saturated heterocycles. The monoisotopic (exact) mass is 374 g/mol. The minimum absolute atomic E-state index is 0. The van der Waals surface area contributed by atoms with Crippen LogP contribution in [0.3, 0.4) is 0 Å². The summed E-state index contributed by atoms with van der Waals surface area (Å²) < 4.78 is 0. The van der Waals surface area contributed by atoms with Crippen LogP contribution < -0.4 is 34.7 Å². The van der Waals surface area contributed by atoms with Gasteiger partial charge in [0.1, 0.15) is 0 Å². The summed E-state index contributed by atoms with van der Waals surface area (Å²) in [6.45, 7) is 16.8. The smallest absolute Gasteiger partial charge is 0.871 e. The zero-order valence-electron chi connectivity index (χ0n) is 18.3. The number of nitrogens with zero attached hydrogens (tertiary/aromatic N) is 2. The van der Waals surface area contributed by atoms with Gasteiger partial charge in [-0.1, -0.05) is 78.5 Å². The van der Waals surface area contributed by atoms with Crippen molar-refractivity contribution >= 4 is 11.4 Å². The van der Waals surface area contributed by atoms with E-state index in [1.165, 1.54) is 0 Å². The van der Waals surface area contributed by atoms with E-state index in [1.54, 1.807) is 0 Å². The fraction of sp³-hybridized carbons (Fsp3) is 0.478. The first-order chi connectivity index (χ1) is 12.0. The number of hydrogen-bond donors (Lipinski definition) is 0. The second-order valence-electron chi connectivity index (χ2n) is 8.71. The van der Waals surface area contributed by atoms with Gasteiger partial charge in [-0.25, -0.2) is 0 Å². The molecule has 2 aromatic rings. The van der Waals surface area contributed by atoms with Crippen LogP contribution in [0.25, 0.3) is 0 Å². The van der Waals surface area contributed by atoms with E-state index in [9.17, 15) is 5.11 Å². The topological polar surface area (TPSA) is 47.8 Å². The van der Waals surface area contributed by atoms with Crippen LogP contribution in [0.1, 0.15) is 82.6 Å². The molecule has 0 fully saturated rings.